The summed E-state index contributed by atoms with van der Waals surface area (Å²) in [7, 11) is 0. The van der Waals surface area contributed by atoms with Crippen molar-refractivity contribution in [3.63, 3.8) is 0 Å². The van der Waals surface area contributed by atoms with Crippen LogP contribution in [-0.4, -0.2) is 19.9 Å². The first-order valence-electron chi connectivity index (χ1n) is 7.39. The molecule has 4 heterocycles. The molecule has 0 aliphatic rings. The minimum atomic E-state index is 0.989. The van der Waals surface area contributed by atoms with Gasteiger partial charge in [-0.1, -0.05) is 0 Å². The maximum Gasteiger partial charge on any atom is 0.126 e. The quantitative estimate of drug-likeness (QED) is 0.450. The average molecular weight is 346 g/mol. The Morgan fingerprint density at radius 2 is 1.17 bits per heavy atom. The molecule has 0 aliphatic heterocycles. The van der Waals surface area contributed by atoms with Crippen molar-refractivity contribution in [2.75, 3.05) is 0 Å². The van der Waals surface area contributed by atoms with Crippen LogP contribution in [0.3, 0.4) is 0 Å². The molecule has 0 spiro atoms. The smallest absolute Gasteiger partial charge is 0.126 e. The van der Waals surface area contributed by atoms with Crippen molar-refractivity contribution in [2.24, 2.45) is 0 Å². The van der Waals surface area contributed by atoms with Crippen molar-refractivity contribution < 1.29 is 0 Å². The van der Waals surface area contributed by atoms with Crippen LogP contribution in [0.2, 0.25) is 0 Å². The second kappa shape index (κ2) is 5.43. The predicted molar refractivity (Wildman–Crippen MR) is 99.3 cm³/mol. The van der Waals surface area contributed by atoms with Crippen LogP contribution in [0.4, 0.5) is 0 Å². The lowest BCUT2D eigenvalue weighted by Crippen LogP contribution is -1.76. The van der Waals surface area contributed by atoms with Crippen molar-refractivity contribution in [1.29, 1.82) is 0 Å². The van der Waals surface area contributed by atoms with Crippen molar-refractivity contribution in [3.8, 4) is 21.1 Å². The lowest BCUT2D eigenvalue weighted by Gasteiger charge is -1.91. The lowest BCUT2D eigenvalue weighted by atomic mass is 10.3. The van der Waals surface area contributed by atoms with Crippen LogP contribution in [0.1, 0.15) is 0 Å². The molecule has 0 aliphatic carbocycles. The van der Waals surface area contributed by atoms with Gasteiger partial charge in [-0.3, -0.25) is 9.97 Å². The predicted octanol–water partition coefficient (Wildman–Crippen LogP) is 5.03. The van der Waals surface area contributed by atoms with E-state index in [0.717, 1.165) is 41.6 Å². The molecular weight excluding hydrogens is 336 g/mol. The summed E-state index contributed by atoms with van der Waals surface area (Å²) in [5.41, 5.74) is 4.11. The van der Waals surface area contributed by atoms with Gasteiger partial charge in [0.05, 0.1) is 20.4 Å². The lowest BCUT2D eigenvalue weighted by molar-refractivity contribution is 1.32. The Morgan fingerprint density at radius 1 is 0.667 bits per heavy atom. The summed E-state index contributed by atoms with van der Waals surface area (Å²) < 4.78 is 2.29. The van der Waals surface area contributed by atoms with E-state index in [1.165, 1.54) is 0 Å². The second-order valence-electron chi connectivity index (χ2n) is 5.31. The van der Waals surface area contributed by atoms with E-state index in [1.54, 1.807) is 35.1 Å². The number of pyridine rings is 2. The van der Waals surface area contributed by atoms with Gasteiger partial charge in [-0.25, -0.2) is 9.97 Å². The standard InChI is InChI=1S/C18H10N4S2/c1-3-11(9-19-5-1)17-21-13-7-16-14(8-15(13)23-17)22-18(24-16)12-4-2-6-20-10-12/h1-10H. The third-order valence-electron chi connectivity index (χ3n) is 3.71. The SMILES string of the molecule is c1cncc(-c2nc3cc4sc(-c5cccnc5)nc4cc3s2)c1. The maximum absolute atomic E-state index is 4.76. The molecule has 0 fully saturated rings. The first kappa shape index (κ1) is 13.7. The molecule has 0 unspecified atom stereocenters. The summed E-state index contributed by atoms with van der Waals surface area (Å²) in [6, 6.07) is 12.2. The molecule has 0 bridgehead atoms. The molecule has 0 radical (unpaired) electrons. The van der Waals surface area contributed by atoms with Crippen molar-refractivity contribution >= 4 is 43.1 Å². The summed E-state index contributed by atoms with van der Waals surface area (Å²) in [5, 5.41) is 1.98. The average Bonchev–Trinajstić information content (AvgIpc) is 3.24. The number of hydrogen-bond donors (Lipinski definition) is 0. The summed E-state index contributed by atoms with van der Waals surface area (Å²) in [4.78, 5) is 17.9. The van der Waals surface area contributed by atoms with E-state index < -0.39 is 0 Å². The highest BCUT2D eigenvalue weighted by Crippen LogP contribution is 2.36. The zero-order valence-corrected chi connectivity index (χ0v) is 14.0. The van der Waals surface area contributed by atoms with Crippen molar-refractivity contribution in [3.05, 3.63) is 61.2 Å². The van der Waals surface area contributed by atoms with Gasteiger partial charge in [0, 0.05) is 35.9 Å². The molecule has 6 heteroatoms. The van der Waals surface area contributed by atoms with Crippen LogP contribution in [0.15, 0.2) is 61.2 Å². The molecule has 114 valence electrons. The van der Waals surface area contributed by atoms with E-state index in [1.807, 2.05) is 36.7 Å². The van der Waals surface area contributed by atoms with E-state index in [-0.39, 0.29) is 0 Å². The Kier molecular flexibility index (Phi) is 3.11. The van der Waals surface area contributed by atoms with Gasteiger partial charge in [-0.2, -0.15) is 0 Å². The number of aromatic nitrogens is 4. The minimum absolute atomic E-state index is 0.989. The first-order chi connectivity index (χ1) is 11.9. The number of thiazole rings is 2. The van der Waals surface area contributed by atoms with Gasteiger partial charge < -0.3 is 0 Å². The van der Waals surface area contributed by atoms with E-state index in [4.69, 9.17) is 9.97 Å². The number of fused-ring (bicyclic) bond motifs is 2. The van der Waals surface area contributed by atoms with Gasteiger partial charge in [0.1, 0.15) is 10.0 Å². The van der Waals surface area contributed by atoms with Crippen LogP contribution >= 0.6 is 22.7 Å². The molecular formula is C18H10N4S2. The molecule has 0 saturated heterocycles. The van der Waals surface area contributed by atoms with Crippen LogP contribution in [-0.2, 0) is 0 Å². The zero-order chi connectivity index (χ0) is 15.9. The summed E-state index contributed by atoms with van der Waals surface area (Å²) in [6.07, 6.45) is 7.24. The molecule has 0 saturated carbocycles. The normalized spacial score (nSPS) is 11.3. The Balaban J connectivity index is 1.65. The molecule has 1 aromatic carbocycles. The summed E-state index contributed by atoms with van der Waals surface area (Å²) >= 11 is 3.34. The van der Waals surface area contributed by atoms with Crippen molar-refractivity contribution in [2.45, 2.75) is 0 Å². The van der Waals surface area contributed by atoms with Gasteiger partial charge >= 0.3 is 0 Å². The third kappa shape index (κ3) is 2.28. The fourth-order valence-electron chi connectivity index (χ4n) is 2.57. The molecule has 0 atom stereocenters. The Morgan fingerprint density at radius 3 is 1.58 bits per heavy atom. The molecule has 5 rings (SSSR count). The van der Waals surface area contributed by atoms with Gasteiger partial charge in [0.2, 0.25) is 0 Å². The van der Waals surface area contributed by atoms with Gasteiger partial charge in [0.15, 0.2) is 0 Å². The first-order valence-corrected chi connectivity index (χ1v) is 9.02. The number of rotatable bonds is 2. The third-order valence-corrected chi connectivity index (χ3v) is 5.85. The molecule has 0 N–H and O–H groups in total. The fourth-order valence-corrected chi connectivity index (χ4v) is 4.52. The molecule has 4 nitrogen and oxygen atoms in total. The number of benzene rings is 1. The van der Waals surface area contributed by atoms with Crippen LogP contribution in [0.5, 0.6) is 0 Å². The van der Waals surface area contributed by atoms with Crippen LogP contribution < -0.4 is 0 Å². The molecule has 5 aromatic rings. The molecule has 24 heavy (non-hydrogen) atoms. The van der Waals surface area contributed by atoms with Gasteiger partial charge in [-0.15, -0.1) is 22.7 Å². The second-order valence-corrected chi connectivity index (χ2v) is 7.37. The largest absolute Gasteiger partial charge is 0.264 e. The van der Waals surface area contributed by atoms with Crippen LogP contribution in [0, 0.1) is 0 Å². The highest BCUT2D eigenvalue weighted by atomic mass is 32.1. The highest BCUT2D eigenvalue weighted by Gasteiger charge is 2.11. The Labute approximate surface area is 145 Å². The summed E-state index contributed by atoms with van der Waals surface area (Å²) in [5.74, 6) is 0. The number of hydrogen-bond acceptors (Lipinski definition) is 6. The highest BCUT2D eigenvalue weighted by molar-refractivity contribution is 7.23. The van der Waals surface area contributed by atoms with Crippen molar-refractivity contribution in [1.82, 2.24) is 19.9 Å². The topological polar surface area (TPSA) is 51.6 Å². The summed E-state index contributed by atoms with van der Waals surface area (Å²) in [6.45, 7) is 0. The fraction of sp³-hybridized carbons (Fsp3) is 0. The van der Waals surface area contributed by atoms with Crippen LogP contribution in [0.25, 0.3) is 41.6 Å². The molecule has 4 aromatic heterocycles. The van der Waals surface area contributed by atoms with E-state index >= 15 is 0 Å². The minimum Gasteiger partial charge on any atom is -0.264 e. The van der Waals surface area contributed by atoms with E-state index in [9.17, 15) is 0 Å². The Bertz CT molecular complexity index is 1010. The Hall–Kier alpha value is -2.70. The zero-order valence-electron chi connectivity index (χ0n) is 12.4. The van der Waals surface area contributed by atoms with E-state index in [0.29, 0.717) is 0 Å². The monoisotopic (exact) mass is 346 g/mol. The number of nitrogens with zero attached hydrogens (tertiary/aromatic N) is 4. The molecule has 0 amide bonds. The van der Waals surface area contributed by atoms with Gasteiger partial charge in [-0.05, 0) is 36.4 Å². The van der Waals surface area contributed by atoms with Gasteiger partial charge in [0.25, 0.3) is 0 Å². The maximum atomic E-state index is 4.76. The van der Waals surface area contributed by atoms with E-state index in [2.05, 4.69) is 22.1 Å².